The quantitative estimate of drug-likeness (QED) is 0.0281. The summed E-state index contributed by atoms with van der Waals surface area (Å²) in [4.78, 5) is 15.2. The Hall–Kier alpha value is -0.900. The van der Waals surface area contributed by atoms with Gasteiger partial charge in [-0.2, -0.15) is 0 Å². The number of rotatable bonds is 49. The molecule has 1 unspecified atom stereocenters. The summed E-state index contributed by atoms with van der Waals surface area (Å²) < 4.78 is 158. The standard InChI is InChI=1S/C39H95N15O12S6/c1-9-39(2)38-54(36-34-52(30-26-48(18-10-40)19-11-41)31-27-49(20-12-42-67(3,55)56)21-13-43-68(4,57)58)37-35-53(32-28-50(22-14-44-69(5,59)60)23-15-45-70(6,61)62)33-29-51(24-16-46-71(7,63)64)25-17-47-72(8,65)66/h39,42-47H,9-38,40-41H2,1-8H3. The van der Waals surface area contributed by atoms with E-state index in [1.807, 2.05) is 14.7 Å². The Labute approximate surface area is 435 Å². The molecule has 0 aliphatic heterocycles. The number of nitrogens with two attached hydrogens (primary N) is 2. The van der Waals surface area contributed by atoms with Crippen molar-refractivity contribution in [2.24, 2.45) is 17.4 Å². The third-order valence-corrected chi connectivity index (χ3v) is 15.7. The fourth-order valence-electron chi connectivity index (χ4n) is 7.27. The van der Waals surface area contributed by atoms with Crippen LogP contribution in [0.1, 0.15) is 20.3 Å². The fourth-order valence-corrected chi connectivity index (χ4v) is 10.0. The number of sulfonamides is 6. The molecule has 0 aliphatic rings. The molecule has 0 bridgehead atoms. The Morgan fingerprint density at radius 3 is 0.639 bits per heavy atom. The van der Waals surface area contributed by atoms with Gasteiger partial charge in [-0.15, -0.1) is 0 Å². The van der Waals surface area contributed by atoms with Gasteiger partial charge in [-0.3, -0.25) is 29.4 Å². The molecule has 0 saturated carbocycles. The smallest absolute Gasteiger partial charge is 0.208 e. The Bertz CT molecular complexity index is 1930. The predicted molar refractivity (Wildman–Crippen MR) is 290 cm³/mol. The van der Waals surface area contributed by atoms with Crippen molar-refractivity contribution in [3.8, 4) is 0 Å². The lowest BCUT2D eigenvalue weighted by atomic mass is 10.1. The van der Waals surface area contributed by atoms with Crippen LogP contribution in [-0.4, -0.2) is 312 Å². The molecular formula is C39H95N15O12S6. The zero-order valence-electron chi connectivity index (χ0n) is 44.4. The Morgan fingerprint density at radius 2 is 0.472 bits per heavy atom. The van der Waals surface area contributed by atoms with Crippen molar-refractivity contribution < 1.29 is 50.5 Å². The normalized spacial score (nSPS) is 14.1. The first-order valence-corrected chi connectivity index (χ1v) is 35.7. The van der Waals surface area contributed by atoms with E-state index in [0.717, 1.165) is 50.5 Å². The van der Waals surface area contributed by atoms with Gasteiger partial charge < -0.3 is 16.4 Å². The number of nitrogens with zero attached hydrogens (tertiary/aromatic N) is 7. The molecule has 0 aromatic heterocycles. The van der Waals surface area contributed by atoms with Crippen LogP contribution in [-0.2, 0) is 60.1 Å². The number of hydrogen-bond acceptors (Lipinski definition) is 21. The maximum Gasteiger partial charge on any atom is 0.208 e. The van der Waals surface area contributed by atoms with E-state index in [1.165, 1.54) is 0 Å². The van der Waals surface area contributed by atoms with Gasteiger partial charge in [-0.1, -0.05) is 20.3 Å². The van der Waals surface area contributed by atoms with E-state index in [9.17, 15) is 50.5 Å². The summed E-state index contributed by atoms with van der Waals surface area (Å²) >= 11 is 0. The van der Waals surface area contributed by atoms with Crippen LogP contribution >= 0.6 is 0 Å². The third kappa shape index (κ3) is 46.4. The fraction of sp³-hybridized carbons (Fsp3) is 1.00. The average Bonchev–Trinajstić information content (AvgIpc) is 3.22. The molecule has 0 radical (unpaired) electrons. The van der Waals surface area contributed by atoms with Crippen molar-refractivity contribution in [3.05, 3.63) is 0 Å². The van der Waals surface area contributed by atoms with Crippen LogP contribution in [0.2, 0.25) is 0 Å². The van der Waals surface area contributed by atoms with Crippen LogP contribution in [0.4, 0.5) is 0 Å². The Kier molecular flexibility index (Phi) is 36.5. The Morgan fingerprint density at radius 1 is 0.306 bits per heavy atom. The third-order valence-electron chi connectivity index (χ3n) is 11.3. The predicted octanol–water partition coefficient (Wildman–Crippen LogP) is -6.64. The first kappa shape index (κ1) is 71.1. The van der Waals surface area contributed by atoms with Crippen molar-refractivity contribution in [1.82, 2.24) is 62.6 Å². The van der Waals surface area contributed by atoms with Gasteiger partial charge in [0.15, 0.2) is 0 Å². The molecule has 0 aromatic rings. The van der Waals surface area contributed by atoms with Crippen LogP contribution in [0, 0.1) is 5.92 Å². The molecule has 434 valence electrons. The average molecular weight is 1160 g/mol. The highest BCUT2D eigenvalue weighted by Crippen LogP contribution is 2.07. The molecule has 27 nitrogen and oxygen atoms in total. The lowest BCUT2D eigenvalue weighted by Gasteiger charge is -2.34. The maximum atomic E-state index is 11.9. The topological polar surface area (TPSA) is 352 Å². The highest BCUT2D eigenvalue weighted by atomic mass is 32.2. The minimum absolute atomic E-state index is 0.106. The van der Waals surface area contributed by atoms with Gasteiger partial charge in [0.2, 0.25) is 60.1 Å². The molecule has 0 heterocycles. The van der Waals surface area contributed by atoms with Crippen LogP contribution in [0.15, 0.2) is 0 Å². The molecule has 0 rings (SSSR count). The highest BCUT2D eigenvalue weighted by molar-refractivity contribution is 7.89. The van der Waals surface area contributed by atoms with Gasteiger partial charge in [0, 0.05) is 190 Å². The SMILES string of the molecule is CCC(C)CN(CCN(CCN(CCN)CCN)CCN(CCNS(C)(=O)=O)CCNS(C)(=O)=O)CCN(CCN(CCNS(C)(=O)=O)CCNS(C)(=O)=O)CCN(CCNS(C)(=O)=O)CCNS(C)(=O)=O. The molecule has 0 aliphatic carbocycles. The summed E-state index contributed by atoms with van der Waals surface area (Å²) in [6.45, 7) is 16.9. The zero-order chi connectivity index (χ0) is 55.1. The minimum Gasteiger partial charge on any atom is -0.329 e. The summed E-state index contributed by atoms with van der Waals surface area (Å²) in [7, 11) is -20.8. The maximum absolute atomic E-state index is 11.9. The van der Waals surface area contributed by atoms with Crippen LogP contribution < -0.4 is 39.8 Å². The van der Waals surface area contributed by atoms with E-state index in [0.29, 0.717) is 150 Å². The van der Waals surface area contributed by atoms with E-state index in [-0.39, 0.29) is 39.3 Å². The molecule has 0 spiro atoms. The van der Waals surface area contributed by atoms with E-state index in [2.05, 4.69) is 61.8 Å². The molecule has 72 heavy (non-hydrogen) atoms. The first-order chi connectivity index (χ1) is 33.2. The first-order valence-electron chi connectivity index (χ1n) is 24.4. The van der Waals surface area contributed by atoms with E-state index in [1.54, 1.807) is 0 Å². The molecule has 10 N–H and O–H groups in total. The van der Waals surface area contributed by atoms with Crippen LogP contribution in [0.5, 0.6) is 0 Å². The highest BCUT2D eigenvalue weighted by Gasteiger charge is 2.20. The lowest BCUT2D eigenvalue weighted by molar-refractivity contribution is 0.130. The summed E-state index contributed by atoms with van der Waals surface area (Å²) in [5.74, 6) is 0.344. The summed E-state index contributed by atoms with van der Waals surface area (Å²) in [6.07, 6.45) is 7.37. The Balaban J connectivity index is 6.79. The van der Waals surface area contributed by atoms with E-state index < -0.39 is 60.1 Å². The number of hydrogen-bond donors (Lipinski definition) is 8. The zero-order valence-corrected chi connectivity index (χ0v) is 49.3. The second-order valence-electron chi connectivity index (χ2n) is 18.4. The second-order valence-corrected chi connectivity index (χ2v) is 29.4. The van der Waals surface area contributed by atoms with Gasteiger partial charge in [0.25, 0.3) is 0 Å². The van der Waals surface area contributed by atoms with Crippen LogP contribution in [0.3, 0.4) is 0 Å². The van der Waals surface area contributed by atoms with Crippen molar-refractivity contribution in [2.45, 2.75) is 20.3 Å². The summed E-state index contributed by atoms with van der Waals surface area (Å²) in [5, 5.41) is 0. The summed E-state index contributed by atoms with van der Waals surface area (Å²) in [6, 6.07) is 0. The van der Waals surface area contributed by atoms with Gasteiger partial charge in [-0.05, 0) is 5.92 Å². The van der Waals surface area contributed by atoms with E-state index >= 15 is 0 Å². The van der Waals surface area contributed by atoms with E-state index in [4.69, 9.17) is 11.5 Å². The van der Waals surface area contributed by atoms with Crippen molar-refractivity contribution >= 4 is 60.1 Å². The molecule has 1 atom stereocenters. The molecular weight excluding hydrogens is 1060 g/mol. The molecule has 0 aromatic carbocycles. The monoisotopic (exact) mass is 1160 g/mol. The lowest BCUT2D eigenvalue weighted by Crippen LogP contribution is -2.48. The van der Waals surface area contributed by atoms with Crippen molar-refractivity contribution in [2.75, 3.05) is 227 Å². The molecule has 0 saturated heterocycles. The largest absolute Gasteiger partial charge is 0.329 e. The van der Waals surface area contributed by atoms with Gasteiger partial charge in [0.05, 0.1) is 37.5 Å². The van der Waals surface area contributed by atoms with Crippen molar-refractivity contribution in [1.29, 1.82) is 0 Å². The summed E-state index contributed by atoms with van der Waals surface area (Å²) in [5.41, 5.74) is 11.9. The molecule has 0 amide bonds. The molecule has 33 heteroatoms. The van der Waals surface area contributed by atoms with Gasteiger partial charge >= 0.3 is 0 Å². The molecule has 0 fully saturated rings. The minimum atomic E-state index is -3.49. The van der Waals surface area contributed by atoms with Crippen molar-refractivity contribution in [3.63, 3.8) is 0 Å². The van der Waals surface area contributed by atoms with Gasteiger partial charge in [0.1, 0.15) is 0 Å². The van der Waals surface area contributed by atoms with Crippen LogP contribution in [0.25, 0.3) is 0 Å². The second kappa shape index (κ2) is 37.0. The number of nitrogens with one attached hydrogen (secondary N) is 6. The van der Waals surface area contributed by atoms with Gasteiger partial charge in [-0.25, -0.2) is 78.8 Å².